The lowest BCUT2D eigenvalue weighted by Crippen LogP contribution is -2.19. The van der Waals surface area contributed by atoms with E-state index in [2.05, 4.69) is 11.8 Å². The van der Waals surface area contributed by atoms with Crippen molar-refractivity contribution < 1.29 is 5.11 Å². The summed E-state index contributed by atoms with van der Waals surface area (Å²) in [6, 6.07) is 7.65. The van der Waals surface area contributed by atoms with Gasteiger partial charge in [0.2, 0.25) is 0 Å². The van der Waals surface area contributed by atoms with Crippen LogP contribution < -0.4 is 0 Å². The molecule has 1 heterocycles. The first kappa shape index (κ1) is 9.53. The lowest BCUT2D eigenvalue weighted by Gasteiger charge is -2.13. The van der Waals surface area contributed by atoms with Crippen LogP contribution in [0.5, 0.6) is 5.75 Å². The number of rotatable bonds is 2. The summed E-state index contributed by atoms with van der Waals surface area (Å²) in [7, 11) is 0. The Morgan fingerprint density at radius 1 is 1.36 bits per heavy atom. The molecule has 1 fully saturated rings. The maximum absolute atomic E-state index is 9.19. The quantitative estimate of drug-likeness (QED) is 0.774. The van der Waals surface area contributed by atoms with E-state index in [-0.39, 0.29) is 0 Å². The highest BCUT2D eigenvalue weighted by Crippen LogP contribution is 2.27. The molecule has 1 aromatic rings. The Hall–Kier alpha value is -1.02. The Bertz CT molecular complexity index is 294. The monoisotopic (exact) mass is 191 g/mol. The molecular weight excluding hydrogens is 174 g/mol. The Labute approximate surface area is 85.2 Å². The van der Waals surface area contributed by atoms with Gasteiger partial charge >= 0.3 is 0 Å². The van der Waals surface area contributed by atoms with Crippen molar-refractivity contribution in [1.82, 2.24) is 4.90 Å². The molecule has 0 bridgehead atoms. The number of benzene rings is 1. The standard InChI is InChI=1S/C12H17NO/c1-2-13-8-7-11(9-13)10-3-5-12(14)6-4-10/h3-6,11,14H,2,7-9H2,1H3. The van der Waals surface area contributed by atoms with Crippen LogP contribution in [0.2, 0.25) is 0 Å². The van der Waals surface area contributed by atoms with Gasteiger partial charge in [0.1, 0.15) is 5.75 Å². The second-order valence-electron chi connectivity index (χ2n) is 3.97. The normalized spacial score (nSPS) is 22.8. The van der Waals surface area contributed by atoms with Crippen molar-refractivity contribution in [3.8, 4) is 5.75 Å². The SMILES string of the molecule is CCN1CCC(c2ccc(O)cc2)C1. The molecule has 0 radical (unpaired) electrons. The molecule has 0 amide bonds. The minimum absolute atomic E-state index is 0.360. The van der Waals surface area contributed by atoms with Crippen LogP contribution >= 0.6 is 0 Å². The molecule has 1 atom stereocenters. The van der Waals surface area contributed by atoms with Gasteiger partial charge in [-0.2, -0.15) is 0 Å². The average Bonchev–Trinajstić information content (AvgIpc) is 2.67. The fraction of sp³-hybridized carbons (Fsp3) is 0.500. The minimum Gasteiger partial charge on any atom is -0.508 e. The molecule has 14 heavy (non-hydrogen) atoms. The fourth-order valence-corrected chi connectivity index (χ4v) is 2.14. The van der Waals surface area contributed by atoms with Crippen LogP contribution in [0.15, 0.2) is 24.3 Å². The molecule has 76 valence electrons. The Kier molecular flexibility index (Phi) is 2.73. The summed E-state index contributed by atoms with van der Waals surface area (Å²) in [5.41, 5.74) is 1.36. The maximum atomic E-state index is 9.19. The van der Waals surface area contributed by atoms with Crippen molar-refractivity contribution in [2.45, 2.75) is 19.3 Å². The second kappa shape index (κ2) is 4.01. The van der Waals surface area contributed by atoms with Crippen LogP contribution in [0.4, 0.5) is 0 Å². The smallest absolute Gasteiger partial charge is 0.115 e. The number of likely N-dealkylation sites (N-methyl/N-ethyl adjacent to an activating group) is 1. The topological polar surface area (TPSA) is 23.5 Å². The lowest BCUT2D eigenvalue weighted by molar-refractivity contribution is 0.354. The zero-order chi connectivity index (χ0) is 9.97. The largest absolute Gasteiger partial charge is 0.508 e. The van der Waals surface area contributed by atoms with E-state index < -0.39 is 0 Å². The van der Waals surface area contributed by atoms with E-state index in [9.17, 15) is 5.11 Å². The summed E-state index contributed by atoms with van der Waals surface area (Å²) in [4.78, 5) is 2.47. The second-order valence-corrected chi connectivity index (χ2v) is 3.97. The van der Waals surface area contributed by atoms with Crippen molar-refractivity contribution in [3.05, 3.63) is 29.8 Å². The fourth-order valence-electron chi connectivity index (χ4n) is 2.14. The third-order valence-corrected chi connectivity index (χ3v) is 3.08. The zero-order valence-corrected chi connectivity index (χ0v) is 8.61. The first-order valence-electron chi connectivity index (χ1n) is 5.31. The van der Waals surface area contributed by atoms with Crippen LogP contribution in [-0.4, -0.2) is 29.6 Å². The predicted molar refractivity (Wildman–Crippen MR) is 57.6 cm³/mol. The van der Waals surface area contributed by atoms with Gasteiger partial charge in [-0.15, -0.1) is 0 Å². The third-order valence-electron chi connectivity index (χ3n) is 3.08. The summed E-state index contributed by atoms with van der Waals surface area (Å²) in [6.07, 6.45) is 1.25. The number of phenols is 1. The molecule has 0 spiro atoms. The number of hydrogen-bond donors (Lipinski definition) is 1. The van der Waals surface area contributed by atoms with Crippen LogP contribution in [-0.2, 0) is 0 Å². The van der Waals surface area contributed by atoms with Crippen LogP contribution in [0.1, 0.15) is 24.8 Å². The molecular formula is C12H17NO. The molecule has 1 aliphatic heterocycles. The summed E-state index contributed by atoms with van der Waals surface area (Å²) < 4.78 is 0. The summed E-state index contributed by atoms with van der Waals surface area (Å²) in [5, 5.41) is 9.19. The van der Waals surface area contributed by atoms with Crippen molar-refractivity contribution >= 4 is 0 Å². The van der Waals surface area contributed by atoms with Gasteiger partial charge < -0.3 is 10.0 Å². The van der Waals surface area contributed by atoms with E-state index in [0.29, 0.717) is 11.7 Å². The summed E-state index contributed by atoms with van der Waals surface area (Å²) in [6.45, 7) is 5.73. The lowest BCUT2D eigenvalue weighted by atomic mass is 9.98. The van der Waals surface area contributed by atoms with Crippen LogP contribution in [0.25, 0.3) is 0 Å². The first-order valence-corrected chi connectivity index (χ1v) is 5.31. The Balaban J connectivity index is 2.06. The Morgan fingerprint density at radius 2 is 2.07 bits per heavy atom. The molecule has 0 aromatic heterocycles. The average molecular weight is 191 g/mol. The molecule has 1 aromatic carbocycles. The van der Waals surface area contributed by atoms with Gasteiger partial charge in [0.05, 0.1) is 0 Å². The molecule has 0 saturated carbocycles. The van der Waals surface area contributed by atoms with Crippen molar-refractivity contribution in [3.63, 3.8) is 0 Å². The van der Waals surface area contributed by atoms with Gasteiger partial charge in [-0.05, 0) is 43.1 Å². The molecule has 1 unspecified atom stereocenters. The third kappa shape index (κ3) is 1.90. The highest BCUT2D eigenvalue weighted by atomic mass is 16.3. The summed E-state index contributed by atoms with van der Waals surface area (Å²) in [5.74, 6) is 1.02. The van der Waals surface area contributed by atoms with Crippen molar-refractivity contribution in [2.75, 3.05) is 19.6 Å². The first-order chi connectivity index (χ1) is 6.79. The van der Waals surface area contributed by atoms with Gasteiger partial charge in [-0.1, -0.05) is 19.1 Å². The molecule has 2 rings (SSSR count). The Morgan fingerprint density at radius 3 is 2.64 bits per heavy atom. The van der Waals surface area contributed by atoms with Gasteiger partial charge in [0.15, 0.2) is 0 Å². The van der Waals surface area contributed by atoms with Gasteiger partial charge in [0, 0.05) is 6.54 Å². The zero-order valence-electron chi connectivity index (χ0n) is 8.61. The van der Waals surface area contributed by atoms with E-state index in [4.69, 9.17) is 0 Å². The molecule has 0 aliphatic carbocycles. The number of nitrogens with zero attached hydrogens (tertiary/aromatic N) is 1. The molecule has 1 aliphatic rings. The van der Waals surface area contributed by atoms with E-state index in [1.165, 1.54) is 25.1 Å². The van der Waals surface area contributed by atoms with Gasteiger partial charge in [-0.3, -0.25) is 0 Å². The molecule has 2 heteroatoms. The summed E-state index contributed by atoms with van der Waals surface area (Å²) >= 11 is 0. The van der Waals surface area contributed by atoms with Crippen molar-refractivity contribution in [1.29, 1.82) is 0 Å². The van der Waals surface area contributed by atoms with E-state index in [1.807, 2.05) is 12.1 Å². The highest BCUT2D eigenvalue weighted by molar-refractivity contribution is 5.29. The van der Waals surface area contributed by atoms with E-state index >= 15 is 0 Å². The van der Waals surface area contributed by atoms with Crippen LogP contribution in [0, 0.1) is 0 Å². The van der Waals surface area contributed by atoms with Gasteiger partial charge in [0.25, 0.3) is 0 Å². The van der Waals surface area contributed by atoms with E-state index in [1.54, 1.807) is 12.1 Å². The molecule has 2 nitrogen and oxygen atoms in total. The highest BCUT2D eigenvalue weighted by Gasteiger charge is 2.22. The molecule has 1 N–H and O–H groups in total. The number of hydrogen-bond acceptors (Lipinski definition) is 2. The predicted octanol–water partition coefficient (Wildman–Crippen LogP) is 2.20. The minimum atomic E-state index is 0.360. The van der Waals surface area contributed by atoms with Crippen molar-refractivity contribution in [2.24, 2.45) is 0 Å². The maximum Gasteiger partial charge on any atom is 0.115 e. The molecule has 1 saturated heterocycles. The number of phenolic OH excluding ortho intramolecular Hbond substituents is 1. The van der Waals surface area contributed by atoms with Crippen LogP contribution in [0.3, 0.4) is 0 Å². The van der Waals surface area contributed by atoms with E-state index in [0.717, 1.165) is 6.54 Å². The number of likely N-dealkylation sites (tertiary alicyclic amines) is 1. The number of aromatic hydroxyl groups is 1. The van der Waals surface area contributed by atoms with Gasteiger partial charge in [-0.25, -0.2) is 0 Å².